The molecular formula is C18H28N2O2. The molecule has 1 atom stereocenters. The molecule has 0 saturated carbocycles. The summed E-state index contributed by atoms with van der Waals surface area (Å²) >= 11 is 0. The molecule has 22 heavy (non-hydrogen) atoms. The number of piperidine rings is 1. The lowest BCUT2D eigenvalue weighted by molar-refractivity contribution is -0.136. The minimum absolute atomic E-state index is 0.135. The maximum Gasteiger partial charge on any atom is 0.227 e. The third-order valence-corrected chi connectivity index (χ3v) is 4.25. The van der Waals surface area contributed by atoms with Gasteiger partial charge in [0, 0.05) is 19.6 Å². The van der Waals surface area contributed by atoms with Gasteiger partial charge in [-0.25, -0.2) is 0 Å². The normalized spacial score (nSPS) is 18.0. The monoisotopic (exact) mass is 304 g/mol. The van der Waals surface area contributed by atoms with Crippen LogP contribution >= 0.6 is 0 Å². The van der Waals surface area contributed by atoms with E-state index in [2.05, 4.69) is 18.3 Å². The molecule has 1 saturated heterocycles. The Morgan fingerprint density at radius 2 is 2.32 bits per heavy atom. The molecule has 0 radical (unpaired) electrons. The van der Waals surface area contributed by atoms with E-state index in [9.17, 15) is 4.79 Å². The lowest BCUT2D eigenvalue weighted by Crippen LogP contribution is -2.43. The van der Waals surface area contributed by atoms with Crippen molar-refractivity contribution in [3.05, 3.63) is 29.8 Å². The van der Waals surface area contributed by atoms with E-state index >= 15 is 0 Å². The first-order chi connectivity index (χ1) is 10.7. The van der Waals surface area contributed by atoms with Gasteiger partial charge in [0.2, 0.25) is 5.91 Å². The molecule has 4 heteroatoms. The van der Waals surface area contributed by atoms with Crippen molar-refractivity contribution in [3.8, 4) is 5.75 Å². The second kappa shape index (κ2) is 8.79. The van der Waals surface area contributed by atoms with Gasteiger partial charge in [0.1, 0.15) is 5.75 Å². The predicted octanol–water partition coefficient (Wildman–Crippen LogP) is 2.82. The second-order valence-corrected chi connectivity index (χ2v) is 6.01. The SMILES string of the molecule is CCCCN(Cc1cccc(OC)c1)C(=O)[C@H]1CCCNC1. The van der Waals surface area contributed by atoms with Gasteiger partial charge in [-0.15, -0.1) is 0 Å². The van der Waals surface area contributed by atoms with Crippen LogP contribution in [0.2, 0.25) is 0 Å². The van der Waals surface area contributed by atoms with Crippen LogP contribution in [0, 0.1) is 5.92 Å². The topological polar surface area (TPSA) is 41.6 Å². The molecule has 1 aliphatic rings. The number of carbonyl (C=O) groups is 1. The number of benzene rings is 1. The maximum absolute atomic E-state index is 12.8. The molecule has 0 spiro atoms. The lowest BCUT2D eigenvalue weighted by Gasteiger charge is -2.30. The molecule has 0 aliphatic carbocycles. The smallest absolute Gasteiger partial charge is 0.227 e. The van der Waals surface area contributed by atoms with E-state index in [1.54, 1.807) is 7.11 Å². The Hall–Kier alpha value is -1.55. The Morgan fingerprint density at radius 1 is 1.45 bits per heavy atom. The van der Waals surface area contributed by atoms with E-state index in [1.807, 2.05) is 23.1 Å². The van der Waals surface area contributed by atoms with Gasteiger partial charge in [-0.2, -0.15) is 0 Å². The van der Waals surface area contributed by atoms with Gasteiger partial charge in [-0.05, 0) is 43.5 Å². The molecule has 0 unspecified atom stereocenters. The standard InChI is InChI=1S/C18H28N2O2/c1-3-4-11-20(18(21)16-8-6-10-19-13-16)14-15-7-5-9-17(12-15)22-2/h5,7,9,12,16,19H,3-4,6,8,10-11,13-14H2,1-2H3/t16-/m0/s1. The van der Waals surface area contributed by atoms with Crippen molar-refractivity contribution in [2.45, 2.75) is 39.2 Å². The summed E-state index contributed by atoms with van der Waals surface area (Å²) in [4.78, 5) is 14.8. The fourth-order valence-corrected chi connectivity index (χ4v) is 2.93. The Bertz CT molecular complexity index is 470. The molecule has 0 bridgehead atoms. The lowest BCUT2D eigenvalue weighted by atomic mass is 9.97. The van der Waals surface area contributed by atoms with Crippen LogP contribution in [0.5, 0.6) is 5.75 Å². The van der Waals surface area contributed by atoms with Crippen molar-refractivity contribution >= 4 is 5.91 Å². The Kier molecular flexibility index (Phi) is 6.72. The van der Waals surface area contributed by atoms with Gasteiger partial charge < -0.3 is 15.0 Å². The zero-order valence-electron chi connectivity index (χ0n) is 13.8. The molecule has 1 aliphatic heterocycles. The zero-order chi connectivity index (χ0) is 15.8. The van der Waals surface area contributed by atoms with Gasteiger partial charge in [0.05, 0.1) is 13.0 Å². The van der Waals surface area contributed by atoms with Crippen LogP contribution in [-0.4, -0.2) is 37.6 Å². The first-order valence-electron chi connectivity index (χ1n) is 8.37. The summed E-state index contributed by atoms with van der Waals surface area (Å²) in [5.74, 6) is 1.28. The van der Waals surface area contributed by atoms with Crippen molar-refractivity contribution in [2.24, 2.45) is 5.92 Å². The predicted molar refractivity (Wildman–Crippen MR) is 88.9 cm³/mol. The third-order valence-electron chi connectivity index (χ3n) is 4.25. The maximum atomic E-state index is 12.8. The molecule has 122 valence electrons. The fraction of sp³-hybridized carbons (Fsp3) is 0.611. The van der Waals surface area contributed by atoms with E-state index in [0.717, 1.165) is 56.6 Å². The van der Waals surface area contributed by atoms with Crippen LogP contribution in [0.1, 0.15) is 38.2 Å². The van der Waals surface area contributed by atoms with Crippen molar-refractivity contribution in [1.29, 1.82) is 0 Å². The quantitative estimate of drug-likeness (QED) is 0.842. The van der Waals surface area contributed by atoms with Gasteiger partial charge >= 0.3 is 0 Å². The second-order valence-electron chi connectivity index (χ2n) is 6.01. The molecule has 1 heterocycles. The minimum Gasteiger partial charge on any atom is -0.497 e. The van der Waals surface area contributed by atoms with E-state index in [0.29, 0.717) is 12.5 Å². The van der Waals surface area contributed by atoms with Crippen molar-refractivity contribution in [1.82, 2.24) is 10.2 Å². The highest BCUT2D eigenvalue weighted by atomic mass is 16.5. The Morgan fingerprint density at radius 3 is 3.00 bits per heavy atom. The summed E-state index contributed by atoms with van der Waals surface area (Å²) in [6, 6.07) is 8.00. The van der Waals surface area contributed by atoms with E-state index in [-0.39, 0.29) is 5.92 Å². The van der Waals surface area contributed by atoms with Crippen LogP contribution < -0.4 is 10.1 Å². The third kappa shape index (κ3) is 4.73. The number of hydrogen-bond acceptors (Lipinski definition) is 3. The molecule has 1 N–H and O–H groups in total. The van der Waals surface area contributed by atoms with Gasteiger partial charge in [0.15, 0.2) is 0 Å². The average molecular weight is 304 g/mol. The number of hydrogen-bond donors (Lipinski definition) is 1. The van der Waals surface area contributed by atoms with Crippen molar-refractivity contribution in [2.75, 3.05) is 26.7 Å². The van der Waals surface area contributed by atoms with Gasteiger partial charge in [0.25, 0.3) is 0 Å². The Labute approximate surface area is 133 Å². The summed E-state index contributed by atoms with van der Waals surface area (Å²) in [5.41, 5.74) is 1.13. The molecule has 0 aromatic heterocycles. The van der Waals surface area contributed by atoms with Crippen molar-refractivity contribution in [3.63, 3.8) is 0 Å². The summed E-state index contributed by atoms with van der Waals surface area (Å²) in [6.45, 7) is 5.53. The molecule has 1 fully saturated rings. The first-order valence-corrected chi connectivity index (χ1v) is 8.37. The highest BCUT2D eigenvalue weighted by Crippen LogP contribution is 2.18. The van der Waals surface area contributed by atoms with E-state index in [1.165, 1.54) is 0 Å². The van der Waals surface area contributed by atoms with Gasteiger partial charge in [-0.1, -0.05) is 25.5 Å². The number of nitrogens with one attached hydrogen (secondary N) is 1. The largest absolute Gasteiger partial charge is 0.497 e. The van der Waals surface area contributed by atoms with Crippen LogP contribution in [0.25, 0.3) is 0 Å². The number of nitrogens with zero attached hydrogens (tertiary/aromatic N) is 1. The van der Waals surface area contributed by atoms with E-state index in [4.69, 9.17) is 4.74 Å². The highest BCUT2D eigenvalue weighted by Gasteiger charge is 2.25. The van der Waals surface area contributed by atoms with Crippen LogP contribution in [-0.2, 0) is 11.3 Å². The molecule has 1 aromatic carbocycles. The summed E-state index contributed by atoms with van der Waals surface area (Å²) in [6.07, 6.45) is 4.25. The number of amides is 1. The minimum atomic E-state index is 0.135. The summed E-state index contributed by atoms with van der Waals surface area (Å²) in [7, 11) is 1.67. The van der Waals surface area contributed by atoms with Crippen molar-refractivity contribution < 1.29 is 9.53 Å². The average Bonchev–Trinajstić information content (AvgIpc) is 2.59. The fourth-order valence-electron chi connectivity index (χ4n) is 2.93. The first kappa shape index (κ1) is 16.8. The summed E-state index contributed by atoms with van der Waals surface area (Å²) in [5, 5.41) is 3.34. The molecule has 1 aromatic rings. The number of methoxy groups -OCH3 is 1. The Balaban J connectivity index is 2.05. The molecule has 4 nitrogen and oxygen atoms in total. The molecular weight excluding hydrogens is 276 g/mol. The zero-order valence-corrected chi connectivity index (χ0v) is 13.8. The van der Waals surface area contributed by atoms with Crippen LogP contribution in [0.3, 0.4) is 0 Å². The van der Waals surface area contributed by atoms with Crippen LogP contribution in [0.15, 0.2) is 24.3 Å². The van der Waals surface area contributed by atoms with E-state index < -0.39 is 0 Å². The van der Waals surface area contributed by atoms with Gasteiger partial charge in [-0.3, -0.25) is 4.79 Å². The molecule has 1 amide bonds. The summed E-state index contributed by atoms with van der Waals surface area (Å²) < 4.78 is 5.28. The molecule has 2 rings (SSSR count). The number of rotatable bonds is 7. The van der Waals surface area contributed by atoms with Crippen LogP contribution in [0.4, 0.5) is 0 Å². The number of ether oxygens (including phenoxy) is 1. The number of unbranched alkanes of at least 4 members (excludes halogenated alkanes) is 1. The highest BCUT2D eigenvalue weighted by molar-refractivity contribution is 5.79. The number of carbonyl (C=O) groups excluding carboxylic acids is 1.